The van der Waals surface area contributed by atoms with E-state index in [-0.39, 0.29) is 6.04 Å². The summed E-state index contributed by atoms with van der Waals surface area (Å²) >= 11 is 0. The van der Waals surface area contributed by atoms with Crippen molar-refractivity contribution in [2.45, 2.75) is 38.8 Å². The van der Waals surface area contributed by atoms with Gasteiger partial charge in [-0.3, -0.25) is 4.90 Å². The van der Waals surface area contributed by atoms with Crippen LogP contribution in [0.15, 0.2) is 4.42 Å². The summed E-state index contributed by atoms with van der Waals surface area (Å²) in [5.74, 6) is 1.17. The summed E-state index contributed by atoms with van der Waals surface area (Å²) in [5, 5.41) is 7.71. The van der Waals surface area contributed by atoms with E-state index in [0.717, 1.165) is 32.1 Å². The topological polar surface area (TPSA) is 59.2 Å². The zero-order valence-corrected chi connectivity index (χ0v) is 8.85. The maximum atomic E-state index is 10.9. The Kier molecular flexibility index (Phi) is 3.11. The second-order valence-corrected chi connectivity index (χ2v) is 3.88. The molecule has 0 saturated carbocycles. The lowest BCUT2D eigenvalue weighted by Crippen LogP contribution is -2.39. The van der Waals surface area contributed by atoms with E-state index in [2.05, 4.69) is 15.1 Å². The highest BCUT2D eigenvalue weighted by molar-refractivity contribution is 5.57. The number of rotatable bonds is 3. The second kappa shape index (κ2) is 4.53. The standard InChI is InChI=1S/C10H15N3O2/c1-8-11-12-10(15-8)6-13-5-3-2-4-9(13)7-14/h7,9H,2-6H2,1H3. The molecule has 0 N–H and O–H groups in total. The van der Waals surface area contributed by atoms with Gasteiger partial charge in [0, 0.05) is 6.92 Å². The number of nitrogens with zero attached hydrogens (tertiary/aromatic N) is 3. The van der Waals surface area contributed by atoms with Crippen molar-refractivity contribution in [2.24, 2.45) is 0 Å². The molecule has 1 aromatic rings. The van der Waals surface area contributed by atoms with E-state index in [9.17, 15) is 4.79 Å². The maximum absolute atomic E-state index is 10.9. The van der Waals surface area contributed by atoms with Gasteiger partial charge in [0.2, 0.25) is 11.8 Å². The summed E-state index contributed by atoms with van der Waals surface area (Å²) in [6.07, 6.45) is 4.22. The number of carbonyl (C=O) groups is 1. The predicted octanol–water partition coefficient (Wildman–Crippen LogP) is 0.931. The zero-order valence-electron chi connectivity index (χ0n) is 8.85. The molecule has 0 spiro atoms. The van der Waals surface area contributed by atoms with E-state index < -0.39 is 0 Å². The Morgan fingerprint density at radius 3 is 3.07 bits per heavy atom. The first kappa shape index (κ1) is 10.3. The van der Waals surface area contributed by atoms with Gasteiger partial charge in [-0.15, -0.1) is 10.2 Å². The van der Waals surface area contributed by atoms with Gasteiger partial charge in [0.05, 0.1) is 12.6 Å². The molecule has 0 aliphatic carbocycles. The molecule has 15 heavy (non-hydrogen) atoms. The molecule has 0 bridgehead atoms. The summed E-state index contributed by atoms with van der Waals surface area (Å²) in [4.78, 5) is 13.0. The van der Waals surface area contributed by atoms with Crippen LogP contribution >= 0.6 is 0 Å². The average molecular weight is 209 g/mol. The number of likely N-dealkylation sites (tertiary alicyclic amines) is 1. The molecule has 1 atom stereocenters. The molecule has 2 rings (SSSR count). The van der Waals surface area contributed by atoms with Crippen molar-refractivity contribution >= 4 is 6.29 Å². The van der Waals surface area contributed by atoms with Gasteiger partial charge >= 0.3 is 0 Å². The van der Waals surface area contributed by atoms with Crippen LogP contribution in [0.4, 0.5) is 0 Å². The van der Waals surface area contributed by atoms with Crippen molar-refractivity contribution in [1.82, 2.24) is 15.1 Å². The van der Waals surface area contributed by atoms with Gasteiger partial charge in [0.1, 0.15) is 6.29 Å². The molecular formula is C10H15N3O2. The van der Waals surface area contributed by atoms with E-state index in [4.69, 9.17) is 4.42 Å². The largest absolute Gasteiger partial charge is 0.424 e. The van der Waals surface area contributed by atoms with Gasteiger partial charge in [-0.25, -0.2) is 0 Å². The van der Waals surface area contributed by atoms with Crippen LogP contribution in [0.1, 0.15) is 31.0 Å². The molecule has 1 aliphatic rings. The molecule has 0 amide bonds. The Hall–Kier alpha value is -1.23. The Labute approximate surface area is 88.5 Å². The van der Waals surface area contributed by atoms with Crippen LogP contribution in [-0.2, 0) is 11.3 Å². The van der Waals surface area contributed by atoms with E-state index in [0.29, 0.717) is 18.3 Å². The Morgan fingerprint density at radius 1 is 1.53 bits per heavy atom. The van der Waals surface area contributed by atoms with Crippen LogP contribution in [-0.4, -0.2) is 34.0 Å². The molecule has 5 nitrogen and oxygen atoms in total. The lowest BCUT2D eigenvalue weighted by molar-refractivity contribution is -0.113. The lowest BCUT2D eigenvalue weighted by Gasteiger charge is -2.30. The molecule has 1 unspecified atom stereocenters. The average Bonchev–Trinajstić information content (AvgIpc) is 2.65. The Bertz CT molecular complexity index is 337. The highest BCUT2D eigenvalue weighted by atomic mass is 16.4. The third-order valence-electron chi connectivity index (χ3n) is 2.73. The summed E-state index contributed by atoms with van der Waals surface area (Å²) < 4.78 is 5.30. The van der Waals surface area contributed by atoms with E-state index in [1.165, 1.54) is 0 Å². The fourth-order valence-corrected chi connectivity index (χ4v) is 1.94. The molecule has 1 aliphatic heterocycles. The van der Waals surface area contributed by atoms with Crippen molar-refractivity contribution in [3.8, 4) is 0 Å². The summed E-state index contributed by atoms with van der Waals surface area (Å²) in [5.41, 5.74) is 0. The highest BCUT2D eigenvalue weighted by Gasteiger charge is 2.23. The lowest BCUT2D eigenvalue weighted by atomic mass is 10.0. The van der Waals surface area contributed by atoms with Gasteiger partial charge in [-0.2, -0.15) is 0 Å². The minimum atomic E-state index is 0.0194. The maximum Gasteiger partial charge on any atom is 0.230 e. The van der Waals surface area contributed by atoms with Crippen LogP contribution in [0.25, 0.3) is 0 Å². The van der Waals surface area contributed by atoms with Crippen LogP contribution in [0, 0.1) is 6.92 Å². The number of hydrogen-bond acceptors (Lipinski definition) is 5. The summed E-state index contributed by atoms with van der Waals surface area (Å²) in [6, 6.07) is 0.0194. The number of aldehydes is 1. The monoisotopic (exact) mass is 209 g/mol. The second-order valence-electron chi connectivity index (χ2n) is 3.88. The van der Waals surface area contributed by atoms with Gasteiger partial charge < -0.3 is 9.21 Å². The van der Waals surface area contributed by atoms with Gasteiger partial charge in [-0.1, -0.05) is 6.42 Å². The van der Waals surface area contributed by atoms with Crippen LogP contribution in [0.5, 0.6) is 0 Å². The summed E-state index contributed by atoms with van der Waals surface area (Å²) in [6.45, 7) is 3.29. The Balaban J connectivity index is 2.00. The van der Waals surface area contributed by atoms with Gasteiger partial charge in [0.15, 0.2) is 0 Å². The molecule has 0 aromatic carbocycles. The molecule has 2 heterocycles. The first-order valence-corrected chi connectivity index (χ1v) is 5.28. The molecular weight excluding hydrogens is 194 g/mol. The van der Waals surface area contributed by atoms with E-state index >= 15 is 0 Å². The molecule has 1 saturated heterocycles. The van der Waals surface area contributed by atoms with Crippen LogP contribution in [0.2, 0.25) is 0 Å². The smallest absolute Gasteiger partial charge is 0.230 e. The highest BCUT2D eigenvalue weighted by Crippen LogP contribution is 2.17. The van der Waals surface area contributed by atoms with E-state index in [1.807, 2.05) is 0 Å². The number of aromatic nitrogens is 2. The molecule has 0 radical (unpaired) electrons. The fourth-order valence-electron chi connectivity index (χ4n) is 1.94. The number of hydrogen-bond donors (Lipinski definition) is 0. The van der Waals surface area contributed by atoms with Crippen LogP contribution in [0.3, 0.4) is 0 Å². The van der Waals surface area contributed by atoms with Crippen LogP contribution < -0.4 is 0 Å². The van der Waals surface area contributed by atoms with E-state index in [1.54, 1.807) is 6.92 Å². The van der Waals surface area contributed by atoms with Crippen molar-refractivity contribution in [3.05, 3.63) is 11.8 Å². The van der Waals surface area contributed by atoms with Crippen molar-refractivity contribution in [2.75, 3.05) is 6.54 Å². The number of carbonyl (C=O) groups excluding carboxylic acids is 1. The Morgan fingerprint density at radius 2 is 2.40 bits per heavy atom. The summed E-state index contributed by atoms with van der Waals surface area (Å²) in [7, 11) is 0. The first-order valence-electron chi connectivity index (χ1n) is 5.28. The van der Waals surface area contributed by atoms with Crippen molar-refractivity contribution in [1.29, 1.82) is 0 Å². The van der Waals surface area contributed by atoms with Gasteiger partial charge in [0.25, 0.3) is 0 Å². The quantitative estimate of drug-likeness (QED) is 0.693. The normalized spacial score (nSPS) is 22.9. The minimum Gasteiger partial charge on any atom is -0.424 e. The number of aryl methyl sites for hydroxylation is 1. The molecule has 1 fully saturated rings. The van der Waals surface area contributed by atoms with Crippen molar-refractivity contribution < 1.29 is 9.21 Å². The third kappa shape index (κ3) is 2.41. The molecule has 5 heteroatoms. The minimum absolute atomic E-state index is 0.0194. The number of piperidine rings is 1. The van der Waals surface area contributed by atoms with Gasteiger partial charge in [-0.05, 0) is 19.4 Å². The molecule has 82 valence electrons. The predicted molar refractivity (Wildman–Crippen MR) is 53.1 cm³/mol. The molecule has 1 aromatic heterocycles. The zero-order chi connectivity index (χ0) is 10.7. The third-order valence-corrected chi connectivity index (χ3v) is 2.73. The first-order chi connectivity index (χ1) is 7.29. The fraction of sp³-hybridized carbons (Fsp3) is 0.700. The SMILES string of the molecule is Cc1nnc(CN2CCCCC2C=O)o1. The van der Waals surface area contributed by atoms with Crippen molar-refractivity contribution in [3.63, 3.8) is 0 Å².